The molecule has 0 aromatic heterocycles. The van der Waals surface area contributed by atoms with Gasteiger partial charge < -0.3 is 15.0 Å². The van der Waals surface area contributed by atoms with E-state index in [2.05, 4.69) is 54.0 Å². The van der Waals surface area contributed by atoms with Crippen LogP contribution in [0, 0.1) is 0 Å². The number of nitrogens with zero attached hydrogens (tertiary/aromatic N) is 1. The summed E-state index contributed by atoms with van der Waals surface area (Å²) >= 11 is 0. The summed E-state index contributed by atoms with van der Waals surface area (Å²) in [6.45, 7) is 5.82. The van der Waals surface area contributed by atoms with E-state index in [1.54, 1.807) is 12.1 Å². The number of hydrogen-bond acceptors (Lipinski definition) is 5. The molecule has 2 aliphatic heterocycles. The Balaban J connectivity index is 1.41. The minimum Gasteiger partial charge on any atom is -0.466 e. The van der Waals surface area contributed by atoms with Gasteiger partial charge in [0.2, 0.25) is 5.91 Å². The molecule has 1 unspecified atom stereocenters. The highest BCUT2D eigenvalue weighted by atomic mass is 32.2. The van der Waals surface area contributed by atoms with E-state index in [1.165, 1.54) is 24.6 Å². The first-order valence-corrected chi connectivity index (χ1v) is 14.0. The minimum absolute atomic E-state index is 0.107. The van der Waals surface area contributed by atoms with Gasteiger partial charge in [0.05, 0.1) is 16.0 Å². The Morgan fingerprint density at radius 3 is 2.29 bits per heavy atom. The number of benzene rings is 4. The summed E-state index contributed by atoms with van der Waals surface area (Å²) in [5.41, 5.74) is 3.40. The average Bonchev–Trinajstić information content (AvgIpc) is 3.36. The molecule has 0 radical (unpaired) electrons. The highest BCUT2D eigenvalue weighted by Gasteiger charge is 2.60. The number of para-hydroxylation sites is 1. The van der Waals surface area contributed by atoms with Crippen molar-refractivity contribution in [2.45, 2.75) is 43.2 Å². The molecular formula is C30H29N3O4S. The van der Waals surface area contributed by atoms with Gasteiger partial charge in [-0.05, 0) is 55.8 Å². The zero-order valence-electron chi connectivity index (χ0n) is 21.7. The van der Waals surface area contributed by atoms with Crippen molar-refractivity contribution >= 4 is 43.8 Å². The number of likely N-dealkylation sites (N-methyl/N-ethyl adjacent to an activating group) is 1. The Morgan fingerprint density at radius 1 is 0.947 bits per heavy atom. The summed E-state index contributed by atoms with van der Waals surface area (Å²) in [5.74, 6) is 0.568. The van der Waals surface area contributed by atoms with E-state index in [0.29, 0.717) is 17.8 Å². The quantitative estimate of drug-likeness (QED) is 0.358. The second-order valence-corrected chi connectivity index (χ2v) is 12.2. The number of rotatable bonds is 4. The molecule has 0 bridgehead atoms. The molecule has 0 aliphatic carbocycles. The Kier molecular flexibility index (Phi) is 5.26. The van der Waals surface area contributed by atoms with Gasteiger partial charge in [0, 0.05) is 48.1 Å². The van der Waals surface area contributed by atoms with E-state index in [9.17, 15) is 13.2 Å². The molecule has 8 heteroatoms. The Morgan fingerprint density at radius 2 is 1.61 bits per heavy atom. The van der Waals surface area contributed by atoms with Crippen molar-refractivity contribution < 1.29 is 17.9 Å². The van der Waals surface area contributed by atoms with Gasteiger partial charge in [0.1, 0.15) is 5.75 Å². The number of ether oxygens (including phenoxy) is 1. The van der Waals surface area contributed by atoms with Gasteiger partial charge >= 0.3 is 0 Å². The molecule has 4 aromatic rings. The minimum atomic E-state index is -3.89. The lowest BCUT2D eigenvalue weighted by atomic mass is 9.76. The van der Waals surface area contributed by atoms with E-state index in [4.69, 9.17) is 4.74 Å². The number of amides is 1. The van der Waals surface area contributed by atoms with E-state index >= 15 is 0 Å². The monoisotopic (exact) mass is 527 g/mol. The standard InChI is InChI=1S/C30H29N3O4S/c1-19(34)31-21-13-15-22(16-14-21)38(35,36)32-26-17-20-18-30(37-28(20)24-10-6-5-9-23(24)26)29(2,3)25-11-7-8-12-27(25)33(30)4/h5-17,32H,18H2,1-4H3,(H,31,34). The SMILES string of the molecule is CC(=O)Nc1ccc(S(=O)(=O)Nc2cc3c(c4ccccc24)OC2(C3)N(C)c3ccccc3C2(C)C)cc1. The van der Waals surface area contributed by atoms with E-state index in [-0.39, 0.29) is 16.2 Å². The van der Waals surface area contributed by atoms with Crippen LogP contribution in [-0.4, -0.2) is 27.1 Å². The van der Waals surface area contributed by atoms with Gasteiger partial charge in [0.25, 0.3) is 10.0 Å². The molecule has 2 heterocycles. The van der Waals surface area contributed by atoms with E-state index in [1.807, 2.05) is 36.4 Å². The Hall–Kier alpha value is -4.04. The highest BCUT2D eigenvalue weighted by Crippen LogP contribution is 2.57. The van der Waals surface area contributed by atoms with Gasteiger partial charge in [-0.1, -0.05) is 42.5 Å². The van der Waals surface area contributed by atoms with Crippen LogP contribution in [0.2, 0.25) is 0 Å². The van der Waals surface area contributed by atoms with Crippen molar-refractivity contribution in [2.75, 3.05) is 22.0 Å². The molecule has 38 heavy (non-hydrogen) atoms. The predicted octanol–water partition coefficient (Wildman–Crippen LogP) is 5.66. The molecule has 1 atom stereocenters. The average molecular weight is 528 g/mol. The molecule has 194 valence electrons. The van der Waals surface area contributed by atoms with Crippen LogP contribution < -0.4 is 19.7 Å². The Bertz CT molecular complexity index is 1710. The van der Waals surface area contributed by atoms with Crippen LogP contribution in [0.5, 0.6) is 5.75 Å². The zero-order valence-corrected chi connectivity index (χ0v) is 22.5. The third kappa shape index (κ3) is 3.47. The fourth-order valence-corrected chi connectivity index (χ4v) is 7.06. The zero-order chi connectivity index (χ0) is 26.9. The fourth-order valence-electron chi connectivity index (χ4n) is 5.98. The third-order valence-electron chi connectivity index (χ3n) is 7.96. The molecule has 0 saturated heterocycles. The van der Waals surface area contributed by atoms with Gasteiger partial charge in [-0.25, -0.2) is 8.42 Å². The van der Waals surface area contributed by atoms with Crippen LogP contribution in [0.1, 0.15) is 31.9 Å². The second-order valence-electron chi connectivity index (χ2n) is 10.5. The first-order valence-electron chi connectivity index (χ1n) is 12.5. The second kappa shape index (κ2) is 8.23. The van der Waals surface area contributed by atoms with Crippen LogP contribution in [0.25, 0.3) is 10.8 Å². The normalized spacial score (nSPS) is 19.2. The van der Waals surface area contributed by atoms with Gasteiger partial charge in [-0.15, -0.1) is 0 Å². The predicted molar refractivity (Wildman–Crippen MR) is 150 cm³/mol. The summed E-state index contributed by atoms with van der Waals surface area (Å²) in [6, 6.07) is 24.1. The number of nitrogens with one attached hydrogen (secondary N) is 2. The Labute approximate surface area is 222 Å². The first-order chi connectivity index (χ1) is 18.0. The van der Waals surface area contributed by atoms with Crippen LogP contribution in [0.3, 0.4) is 0 Å². The van der Waals surface area contributed by atoms with Gasteiger partial charge in [-0.3, -0.25) is 9.52 Å². The van der Waals surface area contributed by atoms with Gasteiger partial charge in [0.15, 0.2) is 5.72 Å². The van der Waals surface area contributed by atoms with Crippen molar-refractivity contribution in [1.29, 1.82) is 0 Å². The number of hydrogen-bond donors (Lipinski definition) is 2. The van der Waals surface area contributed by atoms with Crippen molar-refractivity contribution in [1.82, 2.24) is 0 Å². The van der Waals surface area contributed by atoms with Gasteiger partial charge in [-0.2, -0.15) is 0 Å². The molecular weight excluding hydrogens is 498 g/mol. The maximum atomic E-state index is 13.4. The number of fused-ring (bicyclic) bond motifs is 4. The van der Waals surface area contributed by atoms with Crippen LogP contribution in [0.15, 0.2) is 83.8 Å². The lowest BCUT2D eigenvalue weighted by Crippen LogP contribution is -2.58. The van der Waals surface area contributed by atoms with Crippen molar-refractivity contribution in [3.63, 3.8) is 0 Å². The summed E-state index contributed by atoms with van der Waals surface area (Å²) in [6.07, 6.45) is 0.603. The molecule has 4 aromatic carbocycles. The van der Waals surface area contributed by atoms with Crippen molar-refractivity contribution in [3.05, 3.63) is 90.0 Å². The number of carbonyl (C=O) groups is 1. The summed E-state index contributed by atoms with van der Waals surface area (Å²) in [4.78, 5) is 13.6. The lowest BCUT2D eigenvalue weighted by Gasteiger charge is -2.42. The summed E-state index contributed by atoms with van der Waals surface area (Å²) in [5, 5.41) is 4.28. The van der Waals surface area contributed by atoms with Crippen LogP contribution >= 0.6 is 0 Å². The lowest BCUT2D eigenvalue weighted by molar-refractivity contribution is -0.114. The molecule has 0 saturated carbocycles. The van der Waals surface area contributed by atoms with Crippen molar-refractivity contribution in [3.8, 4) is 5.75 Å². The van der Waals surface area contributed by atoms with E-state index in [0.717, 1.165) is 27.8 Å². The molecule has 6 rings (SSSR count). The topological polar surface area (TPSA) is 87.7 Å². The summed E-state index contributed by atoms with van der Waals surface area (Å²) in [7, 11) is -1.82. The fraction of sp³-hybridized carbons (Fsp3) is 0.233. The molecule has 1 spiro atoms. The highest BCUT2D eigenvalue weighted by molar-refractivity contribution is 7.92. The molecule has 1 amide bonds. The molecule has 7 nitrogen and oxygen atoms in total. The number of carbonyl (C=O) groups excluding carboxylic acids is 1. The maximum Gasteiger partial charge on any atom is 0.261 e. The van der Waals surface area contributed by atoms with E-state index < -0.39 is 15.7 Å². The number of sulfonamides is 1. The number of anilines is 3. The third-order valence-corrected chi connectivity index (χ3v) is 9.34. The van der Waals surface area contributed by atoms with Crippen molar-refractivity contribution in [2.24, 2.45) is 0 Å². The molecule has 2 N–H and O–H groups in total. The van der Waals surface area contributed by atoms with Crippen LogP contribution in [0.4, 0.5) is 17.1 Å². The first kappa shape index (κ1) is 24.3. The summed E-state index contributed by atoms with van der Waals surface area (Å²) < 4.78 is 36.5. The van der Waals surface area contributed by atoms with Crippen LogP contribution in [-0.2, 0) is 26.7 Å². The maximum absolute atomic E-state index is 13.4. The molecule has 0 fully saturated rings. The molecule has 2 aliphatic rings. The smallest absolute Gasteiger partial charge is 0.261 e. The largest absolute Gasteiger partial charge is 0.466 e.